The van der Waals surface area contributed by atoms with Gasteiger partial charge >= 0.3 is 0 Å². The number of para-hydroxylation sites is 1. The number of amides is 1. The van der Waals surface area contributed by atoms with Gasteiger partial charge in [-0.25, -0.2) is 4.98 Å². The van der Waals surface area contributed by atoms with E-state index < -0.39 is 0 Å². The summed E-state index contributed by atoms with van der Waals surface area (Å²) in [7, 11) is 0. The molecule has 0 bridgehead atoms. The number of piperazine rings is 1. The number of hydrogen-bond donors (Lipinski definition) is 0. The van der Waals surface area contributed by atoms with E-state index in [1.54, 1.807) is 6.20 Å². The molecule has 3 heterocycles. The smallest absolute Gasteiger partial charge is 0.292 e. The number of aryl methyl sites for hydroxylation is 2. The largest absolute Gasteiger partial charge is 0.365 e. The molecule has 0 unspecified atom stereocenters. The number of carbonyl (C=O) groups is 1. The van der Waals surface area contributed by atoms with E-state index in [1.165, 1.54) is 16.0 Å². The number of nitrogens with zero attached hydrogens (tertiary/aromatic N) is 5. The van der Waals surface area contributed by atoms with Crippen molar-refractivity contribution in [1.29, 1.82) is 0 Å². The fourth-order valence-electron chi connectivity index (χ4n) is 3.66. The summed E-state index contributed by atoms with van der Waals surface area (Å²) in [4.78, 5) is 34.9. The first-order valence-electron chi connectivity index (χ1n) is 10.3. The summed E-state index contributed by atoms with van der Waals surface area (Å²) in [5, 5.41) is 5.46. The SMILES string of the molecule is CCCc1nc(C)c(C(=O)N2CCN(c3cnn(-c4ccccc4)c(=O)c3Cl)CC2)s1. The Hall–Kier alpha value is -2.71. The first-order chi connectivity index (χ1) is 15.0. The van der Waals surface area contributed by atoms with Crippen LogP contribution in [0.4, 0.5) is 5.69 Å². The van der Waals surface area contributed by atoms with Crippen LogP contribution >= 0.6 is 22.9 Å². The van der Waals surface area contributed by atoms with Crippen LogP contribution < -0.4 is 10.5 Å². The Kier molecular flexibility index (Phi) is 6.38. The van der Waals surface area contributed by atoms with E-state index in [4.69, 9.17) is 11.6 Å². The van der Waals surface area contributed by atoms with Crippen molar-refractivity contribution < 1.29 is 4.79 Å². The number of benzene rings is 1. The van der Waals surface area contributed by atoms with Crippen molar-refractivity contribution in [3.05, 3.63) is 67.5 Å². The lowest BCUT2D eigenvalue weighted by atomic mass is 10.2. The third-order valence-corrected chi connectivity index (χ3v) is 6.87. The lowest BCUT2D eigenvalue weighted by Crippen LogP contribution is -2.49. The maximum atomic E-state index is 13.0. The van der Waals surface area contributed by atoms with Gasteiger partial charge in [-0.05, 0) is 31.9 Å². The number of rotatable bonds is 5. The number of thiazole rings is 1. The van der Waals surface area contributed by atoms with Gasteiger partial charge in [-0.15, -0.1) is 11.3 Å². The predicted molar refractivity (Wildman–Crippen MR) is 124 cm³/mol. The summed E-state index contributed by atoms with van der Waals surface area (Å²) in [6, 6.07) is 9.18. The number of hydrogen-bond acceptors (Lipinski definition) is 6. The van der Waals surface area contributed by atoms with Crippen LogP contribution in [0.2, 0.25) is 5.02 Å². The Bertz CT molecular complexity index is 1140. The highest BCUT2D eigenvalue weighted by Crippen LogP contribution is 2.25. The van der Waals surface area contributed by atoms with Gasteiger partial charge < -0.3 is 9.80 Å². The summed E-state index contributed by atoms with van der Waals surface area (Å²) < 4.78 is 1.30. The van der Waals surface area contributed by atoms with Crippen molar-refractivity contribution in [2.75, 3.05) is 31.1 Å². The van der Waals surface area contributed by atoms with Gasteiger partial charge in [-0.2, -0.15) is 9.78 Å². The molecule has 2 aromatic heterocycles. The maximum absolute atomic E-state index is 13.0. The van der Waals surface area contributed by atoms with Crippen molar-refractivity contribution in [2.24, 2.45) is 0 Å². The minimum atomic E-state index is -0.354. The lowest BCUT2D eigenvalue weighted by Gasteiger charge is -2.36. The zero-order valence-electron chi connectivity index (χ0n) is 17.5. The number of aromatic nitrogens is 3. The Balaban J connectivity index is 1.47. The average molecular weight is 458 g/mol. The summed E-state index contributed by atoms with van der Waals surface area (Å²) in [6.45, 7) is 6.28. The number of carbonyl (C=O) groups excluding carboxylic acids is 1. The second-order valence-corrected chi connectivity index (χ2v) is 8.91. The zero-order chi connectivity index (χ0) is 22.0. The molecule has 3 aromatic rings. The monoisotopic (exact) mass is 457 g/mol. The van der Waals surface area contributed by atoms with Crippen molar-refractivity contribution in [1.82, 2.24) is 19.7 Å². The highest BCUT2D eigenvalue weighted by atomic mass is 35.5. The molecule has 4 rings (SSSR count). The van der Waals surface area contributed by atoms with E-state index in [0.29, 0.717) is 37.6 Å². The Morgan fingerprint density at radius 3 is 2.55 bits per heavy atom. The molecular formula is C22H24ClN5O2S. The second kappa shape index (κ2) is 9.20. The molecule has 1 aliphatic heterocycles. The van der Waals surface area contributed by atoms with E-state index in [9.17, 15) is 9.59 Å². The molecule has 1 aliphatic rings. The summed E-state index contributed by atoms with van der Waals surface area (Å²) in [5.41, 5.74) is 1.72. The van der Waals surface area contributed by atoms with Gasteiger partial charge in [0.2, 0.25) is 0 Å². The molecule has 0 radical (unpaired) electrons. The quantitative estimate of drug-likeness (QED) is 0.585. The molecule has 0 saturated carbocycles. The number of anilines is 1. The van der Waals surface area contributed by atoms with Gasteiger partial charge in [0, 0.05) is 26.2 Å². The summed E-state index contributed by atoms with van der Waals surface area (Å²) in [5.74, 6) is 0.0284. The van der Waals surface area contributed by atoms with E-state index >= 15 is 0 Å². The number of halogens is 1. The molecule has 31 heavy (non-hydrogen) atoms. The van der Waals surface area contributed by atoms with E-state index in [2.05, 4.69) is 17.0 Å². The van der Waals surface area contributed by atoms with Crippen LogP contribution in [0.25, 0.3) is 5.69 Å². The van der Waals surface area contributed by atoms with Crippen molar-refractivity contribution in [2.45, 2.75) is 26.7 Å². The van der Waals surface area contributed by atoms with Gasteiger partial charge in [-0.3, -0.25) is 9.59 Å². The first kappa shape index (κ1) is 21.5. The van der Waals surface area contributed by atoms with Gasteiger partial charge in [0.25, 0.3) is 11.5 Å². The van der Waals surface area contributed by atoms with E-state index in [-0.39, 0.29) is 16.5 Å². The van der Waals surface area contributed by atoms with Crippen LogP contribution in [0, 0.1) is 6.92 Å². The molecule has 0 aliphatic carbocycles. The van der Waals surface area contributed by atoms with Crippen LogP contribution in [0.3, 0.4) is 0 Å². The van der Waals surface area contributed by atoms with Gasteiger partial charge in [0.05, 0.1) is 28.3 Å². The fraction of sp³-hybridized carbons (Fsp3) is 0.364. The van der Waals surface area contributed by atoms with E-state index in [1.807, 2.05) is 47.1 Å². The molecular weight excluding hydrogens is 434 g/mol. The van der Waals surface area contributed by atoms with Crippen LogP contribution in [0.5, 0.6) is 0 Å². The maximum Gasteiger partial charge on any atom is 0.292 e. The molecule has 1 fully saturated rings. The highest BCUT2D eigenvalue weighted by Gasteiger charge is 2.27. The molecule has 0 atom stereocenters. The van der Waals surface area contributed by atoms with Gasteiger partial charge in [-0.1, -0.05) is 36.7 Å². The molecule has 9 heteroatoms. The zero-order valence-corrected chi connectivity index (χ0v) is 19.1. The predicted octanol–water partition coefficient (Wildman–Crippen LogP) is 3.57. The third-order valence-electron chi connectivity index (χ3n) is 5.31. The van der Waals surface area contributed by atoms with Crippen molar-refractivity contribution >= 4 is 34.5 Å². The Labute approximate surface area is 189 Å². The fourth-order valence-corrected chi connectivity index (χ4v) is 5.05. The first-order valence-corrected chi connectivity index (χ1v) is 11.5. The van der Waals surface area contributed by atoms with Crippen LogP contribution in [-0.2, 0) is 6.42 Å². The second-order valence-electron chi connectivity index (χ2n) is 7.45. The highest BCUT2D eigenvalue weighted by molar-refractivity contribution is 7.13. The Morgan fingerprint density at radius 2 is 1.87 bits per heavy atom. The minimum absolute atomic E-state index is 0.0284. The average Bonchev–Trinajstić information content (AvgIpc) is 3.16. The molecule has 162 valence electrons. The molecule has 0 N–H and O–H groups in total. The third kappa shape index (κ3) is 4.36. The van der Waals surface area contributed by atoms with Crippen LogP contribution in [0.15, 0.2) is 41.3 Å². The topological polar surface area (TPSA) is 71.3 Å². The van der Waals surface area contributed by atoms with Crippen LogP contribution in [0.1, 0.15) is 33.7 Å². The van der Waals surface area contributed by atoms with Crippen LogP contribution in [-0.4, -0.2) is 51.8 Å². The molecule has 1 aromatic carbocycles. The summed E-state index contributed by atoms with van der Waals surface area (Å²) >= 11 is 7.92. The normalized spacial score (nSPS) is 14.2. The van der Waals surface area contributed by atoms with Gasteiger partial charge in [0.15, 0.2) is 0 Å². The van der Waals surface area contributed by atoms with Gasteiger partial charge in [0.1, 0.15) is 9.90 Å². The van der Waals surface area contributed by atoms with Crippen molar-refractivity contribution in [3.8, 4) is 5.69 Å². The standard InChI is InChI=1S/C22H24ClN5O2S/c1-3-7-18-25-15(2)20(31-18)22(30)27-12-10-26(11-13-27)17-14-24-28(21(29)19(17)23)16-8-5-4-6-9-16/h4-6,8-9,14H,3,7,10-13H2,1-2H3. The molecule has 1 amide bonds. The molecule has 7 nitrogen and oxygen atoms in total. The van der Waals surface area contributed by atoms with E-state index in [0.717, 1.165) is 28.4 Å². The molecule has 0 spiro atoms. The summed E-state index contributed by atoms with van der Waals surface area (Å²) in [6.07, 6.45) is 3.53. The van der Waals surface area contributed by atoms with Crippen molar-refractivity contribution in [3.63, 3.8) is 0 Å². The molecule has 1 saturated heterocycles. The lowest BCUT2D eigenvalue weighted by molar-refractivity contribution is 0.0750. The minimum Gasteiger partial charge on any atom is -0.365 e. The Morgan fingerprint density at radius 1 is 1.16 bits per heavy atom.